The van der Waals surface area contributed by atoms with Crippen LogP contribution < -0.4 is 10.1 Å². The minimum absolute atomic E-state index is 0.0548. The summed E-state index contributed by atoms with van der Waals surface area (Å²) in [6.45, 7) is 2.72. The first-order valence-electron chi connectivity index (χ1n) is 17.8. The Hall–Kier alpha value is -4.20. The van der Waals surface area contributed by atoms with Crippen LogP contribution in [0.2, 0.25) is 0 Å². The number of hydrogen-bond acceptors (Lipinski definition) is 16. The molecule has 1 unspecified atom stereocenters. The molecule has 5 aliphatic rings. The molecule has 54 heavy (non-hydrogen) atoms. The molecule has 3 saturated heterocycles. The van der Waals surface area contributed by atoms with Crippen LogP contribution in [0.4, 0.5) is 4.79 Å². The van der Waals surface area contributed by atoms with E-state index >= 15 is 0 Å². The Morgan fingerprint density at radius 1 is 1.09 bits per heavy atom. The number of benzene rings is 2. The second kappa shape index (κ2) is 14.8. The highest BCUT2D eigenvalue weighted by Gasteiger charge is 2.55. The summed E-state index contributed by atoms with van der Waals surface area (Å²) in [5.74, 6) is -3.69. The van der Waals surface area contributed by atoms with Crippen molar-refractivity contribution in [3.63, 3.8) is 0 Å². The van der Waals surface area contributed by atoms with Gasteiger partial charge in [-0.3, -0.25) is 19.3 Å². The van der Waals surface area contributed by atoms with Gasteiger partial charge in [0.25, 0.3) is 0 Å². The molecule has 292 valence electrons. The van der Waals surface area contributed by atoms with Gasteiger partial charge in [-0.15, -0.1) is 0 Å². The minimum Gasteiger partial charge on any atom is -0.507 e. The summed E-state index contributed by atoms with van der Waals surface area (Å²) in [6, 6.07) is 4.21. The first-order chi connectivity index (χ1) is 25.8. The molecule has 17 heteroatoms. The number of methoxy groups -OCH3 is 2. The van der Waals surface area contributed by atoms with Gasteiger partial charge in [0.1, 0.15) is 29.0 Å². The zero-order valence-corrected chi connectivity index (χ0v) is 30.7. The van der Waals surface area contributed by atoms with E-state index in [0.29, 0.717) is 26.2 Å². The van der Waals surface area contributed by atoms with Crippen LogP contribution in [0.15, 0.2) is 18.2 Å². The van der Waals surface area contributed by atoms with E-state index in [1.54, 1.807) is 7.05 Å². The average Bonchev–Trinajstić information content (AvgIpc) is 3.55. The number of likely N-dealkylation sites (N-methyl/N-ethyl adjacent to an activating group) is 2. The third-order valence-corrected chi connectivity index (χ3v) is 11.0. The predicted octanol–water partition coefficient (Wildman–Crippen LogP) is 1.01. The van der Waals surface area contributed by atoms with E-state index in [-0.39, 0.29) is 46.6 Å². The van der Waals surface area contributed by atoms with Crippen molar-refractivity contribution < 1.29 is 67.7 Å². The molecule has 0 bridgehead atoms. The summed E-state index contributed by atoms with van der Waals surface area (Å²) in [6.07, 6.45) is -5.94. The van der Waals surface area contributed by atoms with Crippen LogP contribution in [0.25, 0.3) is 0 Å². The fraction of sp³-hybridized carbons (Fsp3) is 0.568. The Morgan fingerprint density at radius 2 is 1.85 bits per heavy atom. The number of carbonyl (C=O) groups is 4. The van der Waals surface area contributed by atoms with Gasteiger partial charge in [-0.05, 0) is 20.0 Å². The summed E-state index contributed by atoms with van der Waals surface area (Å²) in [4.78, 5) is 57.8. The van der Waals surface area contributed by atoms with Gasteiger partial charge in [0.2, 0.25) is 11.6 Å². The molecule has 0 saturated carbocycles. The Bertz CT molecular complexity index is 1850. The number of amides is 1. The van der Waals surface area contributed by atoms with Gasteiger partial charge in [-0.2, -0.15) is 0 Å². The number of hydrogen-bond donors (Lipinski definition) is 4. The highest BCUT2D eigenvalue weighted by Crippen LogP contribution is 2.53. The molecule has 2 aromatic rings. The lowest BCUT2D eigenvalue weighted by molar-refractivity contribution is -0.256. The fourth-order valence-corrected chi connectivity index (χ4v) is 8.28. The Labute approximate surface area is 310 Å². The topological polar surface area (TPSA) is 212 Å². The standard InChI is InChI=1S/C37H45N3O14/c1-17-33-20(40-11-12-50-35(49-5)34(40)54-33)13-24(52-17)53-22-15-37(47,23(41)16-51-36(46)39(3)10-9-38-2)14-19-26(22)32(45)28-27(30(19)43)29(42)18-7-6-8-21(48-4)25(18)31(28)44/h6-8,17,20,22,24,33-35,38,43,45,47H,9-16H2,1-5H3/t17-,20?,22-,24-,33+,34+,35-,37-/m0/s1. The number of carbonyl (C=O) groups excluding carboxylic acids is 4. The smallest absolute Gasteiger partial charge is 0.409 e. The Kier molecular flexibility index (Phi) is 10.4. The molecule has 4 N–H and O–H groups in total. The van der Waals surface area contributed by atoms with Crippen LogP contribution in [0.1, 0.15) is 68.8 Å². The van der Waals surface area contributed by atoms with E-state index in [1.165, 1.54) is 44.4 Å². The number of morpholine rings is 1. The third kappa shape index (κ3) is 6.31. The SMILES string of the molecule is CNCCN(C)C(=O)OCC(=O)[C@]1(O)Cc2c(O)c3c(c(O)c2[C@@H](O[C@H]2CC4[C@H](O[C@@H]5[C@@H](OC)OCCN45)[C@H](C)O2)C1)C(=O)c1c(OC)cccc1C3=O. The van der Waals surface area contributed by atoms with Crippen molar-refractivity contribution in [3.8, 4) is 17.2 Å². The molecule has 0 radical (unpaired) electrons. The molecule has 8 atom stereocenters. The second-order valence-electron chi connectivity index (χ2n) is 14.2. The second-order valence-corrected chi connectivity index (χ2v) is 14.2. The molecule has 2 aliphatic carbocycles. The summed E-state index contributed by atoms with van der Waals surface area (Å²) in [7, 11) is 6.09. The number of rotatable bonds is 10. The Morgan fingerprint density at radius 3 is 2.57 bits per heavy atom. The van der Waals surface area contributed by atoms with Crippen molar-refractivity contribution >= 4 is 23.4 Å². The van der Waals surface area contributed by atoms with Gasteiger partial charge in [0.05, 0.1) is 42.6 Å². The monoisotopic (exact) mass is 755 g/mol. The van der Waals surface area contributed by atoms with Crippen LogP contribution in [0.3, 0.4) is 0 Å². The zero-order chi connectivity index (χ0) is 38.6. The van der Waals surface area contributed by atoms with Crippen LogP contribution in [-0.4, -0.2) is 152 Å². The maximum atomic E-state index is 14.1. The lowest BCUT2D eigenvalue weighted by atomic mass is 9.72. The number of nitrogens with zero attached hydrogens (tertiary/aromatic N) is 2. The molecular weight excluding hydrogens is 710 g/mol. The predicted molar refractivity (Wildman–Crippen MR) is 184 cm³/mol. The number of phenols is 2. The number of fused-ring (bicyclic) bond motifs is 6. The number of Topliss-reactive ketones (excluding diaryl/α,β-unsaturated/α-hetero) is 1. The van der Waals surface area contributed by atoms with Gasteiger partial charge in [-0.1, -0.05) is 12.1 Å². The van der Waals surface area contributed by atoms with Crippen molar-refractivity contribution in [2.24, 2.45) is 0 Å². The van der Waals surface area contributed by atoms with Crippen LogP contribution in [0, 0.1) is 0 Å². The molecular formula is C37H45N3O14. The number of nitrogens with one attached hydrogen (secondary N) is 1. The van der Waals surface area contributed by atoms with E-state index in [1.807, 2.05) is 6.92 Å². The minimum atomic E-state index is -2.32. The lowest BCUT2D eigenvalue weighted by Gasteiger charge is -2.43. The average molecular weight is 756 g/mol. The van der Waals surface area contributed by atoms with Gasteiger partial charge >= 0.3 is 6.09 Å². The van der Waals surface area contributed by atoms with Gasteiger partial charge in [0.15, 0.2) is 31.2 Å². The molecule has 7 rings (SSSR count). The third-order valence-electron chi connectivity index (χ3n) is 11.0. The van der Waals surface area contributed by atoms with Crippen LogP contribution >= 0.6 is 0 Å². The molecule has 2 aromatic carbocycles. The van der Waals surface area contributed by atoms with Crippen molar-refractivity contribution in [1.29, 1.82) is 0 Å². The van der Waals surface area contributed by atoms with E-state index in [0.717, 1.165) is 0 Å². The summed E-state index contributed by atoms with van der Waals surface area (Å²) in [5, 5.41) is 38.8. The van der Waals surface area contributed by atoms with E-state index in [9.17, 15) is 34.5 Å². The summed E-state index contributed by atoms with van der Waals surface area (Å²) in [5.41, 5.74) is -3.66. The summed E-state index contributed by atoms with van der Waals surface area (Å²) < 4.78 is 41.0. The summed E-state index contributed by atoms with van der Waals surface area (Å²) >= 11 is 0. The number of aliphatic hydroxyl groups is 1. The zero-order valence-electron chi connectivity index (χ0n) is 30.7. The van der Waals surface area contributed by atoms with Crippen LogP contribution in [-0.2, 0) is 39.6 Å². The van der Waals surface area contributed by atoms with Crippen molar-refractivity contribution in [2.75, 3.05) is 61.2 Å². The van der Waals surface area contributed by atoms with E-state index < -0.39 is 102 Å². The maximum absolute atomic E-state index is 14.1. The highest BCUT2D eigenvalue weighted by molar-refractivity contribution is 6.31. The van der Waals surface area contributed by atoms with Crippen molar-refractivity contribution in [3.05, 3.63) is 51.6 Å². The lowest BCUT2D eigenvalue weighted by Crippen LogP contribution is -2.55. The number of aromatic hydroxyl groups is 2. The number of phenolic OH excluding ortho intramolecular Hbond substituents is 2. The highest BCUT2D eigenvalue weighted by atomic mass is 16.7. The van der Waals surface area contributed by atoms with Crippen LogP contribution in [0.5, 0.6) is 17.2 Å². The molecule has 3 heterocycles. The normalized spacial score (nSPS) is 30.1. The van der Waals surface area contributed by atoms with Gasteiger partial charge in [0, 0.05) is 75.8 Å². The Balaban J connectivity index is 1.25. The number of ketones is 3. The first-order valence-corrected chi connectivity index (χ1v) is 17.8. The molecule has 3 fully saturated rings. The molecule has 0 aromatic heterocycles. The number of ether oxygens (including phenoxy) is 7. The van der Waals surface area contributed by atoms with Crippen molar-refractivity contribution in [2.45, 2.75) is 74.9 Å². The van der Waals surface area contributed by atoms with Gasteiger partial charge < -0.3 is 58.7 Å². The maximum Gasteiger partial charge on any atom is 0.409 e. The van der Waals surface area contributed by atoms with Gasteiger partial charge in [-0.25, -0.2) is 4.79 Å². The van der Waals surface area contributed by atoms with E-state index in [4.69, 9.17) is 33.2 Å². The molecule has 17 nitrogen and oxygen atoms in total. The van der Waals surface area contributed by atoms with Crippen molar-refractivity contribution in [1.82, 2.24) is 15.1 Å². The molecule has 0 spiro atoms. The molecule has 1 amide bonds. The fourth-order valence-electron chi connectivity index (χ4n) is 8.28. The van der Waals surface area contributed by atoms with E-state index in [2.05, 4.69) is 10.2 Å². The largest absolute Gasteiger partial charge is 0.507 e. The molecule has 3 aliphatic heterocycles. The quantitative estimate of drug-likeness (QED) is 0.213. The first kappa shape index (κ1) is 38.1.